The minimum Gasteiger partial charge on any atom is -0.465 e. The highest BCUT2D eigenvalue weighted by atomic mass is 35.5. The fourth-order valence-corrected chi connectivity index (χ4v) is 1.86. The van der Waals surface area contributed by atoms with Crippen molar-refractivity contribution in [2.75, 3.05) is 12.4 Å². The Kier molecular flexibility index (Phi) is 4.69. The number of rotatable bonds is 4. The first-order valence-corrected chi connectivity index (χ1v) is 6.34. The van der Waals surface area contributed by atoms with E-state index in [1.165, 1.54) is 19.4 Å². The maximum Gasteiger partial charge on any atom is 0.339 e. The second kappa shape index (κ2) is 6.68. The number of halogens is 1. The molecule has 7 heteroatoms. The first-order chi connectivity index (χ1) is 10.1. The standard InChI is InChI=1S/C14H11ClN4O2/c1-21-14(20)10-5-12(15)13(19-8-10)18-7-9-2-3-17-11(4-9)6-16/h2-5,8H,7H2,1H3,(H,18,19). The van der Waals surface area contributed by atoms with Crippen molar-refractivity contribution >= 4 is 23.4 Å². The SMILES string of the molecule is COC(=O)c1cnc(NCc2ccnc(C#N)c2)c(Cl)c1. The molecular weight excluding hydrogens is 292 g/mol. The number of hydrogen-bond donors (Lipinski definition) is 1. The highest BCUT2D eigenvalue weighted by Gasteiger charge is 2.10. The third kappa shape index (κ3) is 3.68. The van der Waals surface area contributed by atoms with Gasteiger partial charge in [-0.2, -0.15) is 5.26 Å². The number of anilines is 1. The first kappa shape index (κ1) is 14.8. The molecule has 0 amide bonds. The second-order valence-electron chi connectivity index (χ2n) is 4.06. The average molecular weight is 303 g/mol. The number of aromatic nitrogens is 2. The van der Waals surface area contributed by atoms with Crippen LogP contribution >= 0.6 is 11.6 Å². The summed E-state index contributed by atoms with van der Waals surface area (Å²) < 4.78 is 4.59. The van der Waals surface area contributed by atoms with Gasteiger partial charge in [0, 0.05) is 18.9 Å². The second-order valence-corrected chi connectivity index (χ2v) is 4.47. The van der Waals surface area contributed by atoms with E-state index in [-0.39, 0.29) is 5.56 Å². The Morgan fingerprint density at radius 2 is 2.29 bits per heavy atom. The van der Waals surface area contributed by atoms with Gasteiger partial charge >= 0.3 is 5.97 Å². The molecule has 0 fully saturated rings. The van der Waals surface area contributed by atoms with Gasteiger partial charge in [-0.1, -0.05) is 11.6 Å². The molecule has 0 aliphatic carbocycles. The van der Waals surface area contributed by atoms with E-state index in [4.69, 9.17) is 16.9 Å². The van der Waals surface area contributed by atoms with Crippen molar-refractivity contribution in [3.63, 3.8) is 0 Å². The van der Waals surface area contributed by atoms with Crippen molar-refractivity contribution in [2.45, 2.75) is 6.54 Å². The average Bonchev–Trinajstić information content (AvgIpc) is 2.53. The topological polar surface area (TPSA) is 87.9 Å². The molecule has 21 heavy (non-hydrogen) atoms. The van der Waals surface area contributed by atoms with Crippen LogP contribution in [0, 0.1) is 11.3 Å². The van der Waals surface area contributed by atoms with Crippen LogP contribution in [0.5, 0.6) is 0 Å². The van der Waals surface area contributed by atoms with Crippen LogP contribution in [0.1, 0.15) is 21.6 Å². The third-order valence-corrected chi connectivity index (χ3v) is 2.95. The lowest BCUT2D eigenvalue weighted by Crippen LogP contribution is -2.06. The van der Waals surface area contributed by atoms with E-state index in [1.54, 1.807) is 18.3 Å². The van der Waals surface area contributed by atoms with Crippen LogP contribution in [0.4, 0.5) is 5.82 Å². The number of carbonyl (C=O) groups is 1. The van der Waals surface area contributed by atoms with E-state index in [1.807, 2.05) is 6.07 Å². The van der Waals surface area contributed by atoms with Gasteiger partial charge in [0.1, 0.15) is 17.6 Å². The van der Waals surface area contributed by atoms with E-state index in [0.717, 1.165) is 5.56 Å². The molecule has 0 aromatic carbocycles. The number of nitriles is 1. The molecule has 0 radical (unpaired) electrons. The van der Waals surface area contributed by atoms with E-state index in [2.05, 4.69) is 20.0 Å². The van der Waals surface area contributed by atoms with Gasteiger partial charge in [0.15, 0.2) is 0 Å². The summed E-state index contributed by atoms with van der Waals surface area (Å²) in [6, 6.07) is 6.91. The number of methoxy groups -OCH3 is 1. The van der Waals surface area contributed by atoms with Gasteiger partial charge in [0.2, 0.25) is 0 Å². The largest absolute Gasteiger partial charge is 0.465 e. The van der Waals surface area contributed by atoms with Crippen LogP contribution in [-0.4, -0.2) is 23.0 Å². The molecule has 0 saturated heterocycles. The number of ether oxygens (including phenoxy) is 1. The summed E-state index contributed by atoms with van der Waals surface area (Å²) in [5, 5.41) is 12.1. The van der Waals surface area contributed by atoms with Crippen molar-refractivity contribution in [2.24, 2.45) is 0 Å². The number of pyridine rings is 2. The van der Waals surface area contributed by atoms with Crippen molar-refractivity contribution < 1.29 is 9.53 Å². The molecule has 2 heterocycles. The first-order valence-electron chi connectivity index (χ1n) is 5.97. The molecule has 1 N–H and O–H groups in total. The van der Waals surface area contributed by atoms with E-state index >= 15 is 0 Å². The number of carbonyl (C=O) groups excluding carboxylic acids is 1. The predicted molar refractivity (Wildman–Crippen MR) is 76.9 cm³/mol. The maximum absolute atomic E-state index is 11.3. The summed E-state index contributed by atoms with van der Waals surface area (Å²) >= 11 is 6.06. The summed E-state index contributed by atoms with van der Waals surface area (Å²) in [6.45, 7) is 0.432. The Morgan fingerprint density at radius 1 is 1.48 bits per heavy atom. The van der Waals surface area contributed by atoms with Crippen LogP contribution in [-0.2, 0) is 11.3 Å². The van der Waals surface area contributed by atoms with Gasteiger partial charge < -0.3 is 10.1 Å². The Balaban J connectivity index is 2.10. The summed E-state index contributed by atoms with van der Waals surface area (Å²) in [6.07, 6.45) is 2.94. The molecule has 6 nitrogen and oxygen atoms in total. The Hall–Kier alpha value is -2.65. The maximum atomic E-state index is 11.3. The van der Waals surface area contributed by atoms with E-state index < -0.39 is 5.97 Å². The molecule has 0 bridgehead atoms. The van der Waals surface area contributed by atoms with Gasteiger partial charge in [-0.15, -0.1) is 0 Å². The molecule has 0 spiro atoms. The van der Waals surface area contributed by atoms with Gasteiger partial charge in [0.05, 0.1) is 17.7 Å². The zero-order valence-corrected chi connectivity index (χ0v) is 11.9. The molecule has 2 aromatic rings. The highest BCUT2D eigenvalue weighted by molar-refractivity contribution is 6.33. The number of nitrogens with one attached hydrogen (secondary N) is 1. The fourth-order valence-electron chi connectivity index (χ4n) is 1.63. The molecule has 0 atom stereocenters. The fraction of sp³-hybridized carbons (Fsp3) is 0.143. The molecule has 2 rings (SSSR count). The van der Waals surface area contributed by atoms with Crippen molar-refractivity contribution in [3.8, 4) is 6.07 Å². The molecule has 0 aliphatic heterocycles. The van der Waals surface area contributed by atoms with Crippen LogP contribution in [0.2, 0.25) is 5.02 Å². The van der Waals surface area contributed by atoms with Gasteiger partial charge in [-0.3, -0.25) is 0 Å². The third-order valence-electron chi connectivity index (χ3n) is 2.66. The van der Waals surface area contributed by atoms with Crippen LogP contribution in [0.25, 0.3) is 0 Å². The smallest absolute Gasteiger partial charge is 0.339 e. The number of esters is 1. The van der Waals surface area contributed by atoms with Crippen molar-refractivity contribution in [3.05, 3.63) is 52.4 Å². The van der Waals surface area contributed by atoms with Gasteiger partial charge in [0.25, 0.3) is 0 Å². The van der Waals surface area contributed by atoms with Gasteiger partial charge in [-0.05, 0) is 23.8 Å². The zero-order valence-electron chi connectivity index (χ0n) is 11.1. The lowest BCUT2D eigenvalue weighted by Gasteiger charge is -2.08. The number of nitrogens with zero attached hydrogens (tertiary/aromatic N) is 3. The summed E-state index contributed by atoms with van der Waals surface area (Å²) in [4.78, 5) is 19.3. The quantitative estimate of drug-likeness (QED) is 0.873. The Labute approximate surface area is 126 Å². The summed E-state index contributed by atoms with van der Waals surface area (Å²) in [5.41, 5.74) is 1.49. The zero-order chi connectivity index (χ0) is 15.2. The molecule has 2 aromatic heterocycles. The van der Waals surface area contributed by atoms with Crippen LogP contribution in [0.15, 0.2) is 30.6 Å². The molecule has 0 unspecified atom stereocenters. The minimum absolute atomic E-state index is 0.281. The summed E-state index contributed by atoms with van der Waals surface area (Å²) in [7, 11) is 1.29. The predicted octanol–water partition coefficient (Wildman–Crippen LogP) is 2.40. The molecular formula is C14H11ClN4O2. The Bertz CT molecular complexity index is 712. The van der Waals surface area contributed by atoms with Gasteiger partial charge in [-0.25, -0.2) is 14.8 Å². The summed E-state index contributed by atoms with van der Waals surface area (Å²) in [5.74, 6) is -0.0524. The lowest BCUT2D eigenvalue weighted by molar-refractivity contribution is 0.0600. The van der Waals surface area contributed by atoms with E-state index in [0.29, 0.717) is 23.1 Å². The number of hydrogen-bond acceptors (Lipinski definition) is 6. The van der Waals surface area contributed by atoms with E-state index in [9.17, 15) is 4.79 Å². The normalized spacial score (nSPS) is 9.76. The van der Waals surface area contributed by atoms with Crippen molar-refractivity contribution in [1.29, 1.82) is 5.26 Å². The monoisotopic (exact) mass is 302 g/mol. The highest BCUT2D eigenvalue weighted by Crippen LogP contribution is 2.21. The molecule has 106 valence electrons. The van der Waals surface area contributed by atoms with Crippen LogP contribution < -0.4 is 5.32 Å². The molecule has 0 aliphatic rings. The van der Waals surface area contributed by atoms with Crippen LogP contribution in [0.3, 0.4) is 0 Å². The lowest BCUT2D eigenvalue weighted by atomic mass is 10.2. The van der Waals surface area contributed by atoms with Crippen molar-refractivity contribution in [1.82, 2.24) is 9.97 Å². The Morgan fingerprint density at radius 3 is 2.95 bits per heavy atom. The molecule has 0 saturated carbocycles. The minimum atomic E-state index is -0.497.